The topological polar surface area (TPSA) is 58.0 Å². The van der Waals surface area contributed by atoms with Crippen LogP contribution in [0.1, 0.15) is 48.2 Å². The van der Waals surface area contributed by atoms with Crippen molar-refractivity contribution in [1.29, 1.82) is 0 Å². The van der Waals surface area contributed by atoms with Crippen LogP contribution >= 0.6 is 0 Å². The van der Waals surface area contributed by atoms with E-state index in [0.717, 1.165) is 35.9 Å². The molecule has 0 bridgehead atoms. The number of aromatic nitrogens is 3. The summed E-state index contributed by atoms with van der Waals surface area (Å²) in [7, 11) is 2.08. The average Bonchev–Trinajstić information content (AvgIpc) is 2.91. The second kappa shape index (κ2) is 5.57. The van der Waals surface area contributed by atoms with Crippen molar-refractivity contribution < 1.29 is 4.52 Å². The molecule has 2 heterocycles. The summed E-state index contributed by atoms with van der Waals surface area (Å²) in [5, 5.41) is 11.3. The van der Waals surface area contributed by atoms with Gasteiger partial charge in [0.2, 0.25) is 0 Å². The SMILES string of the molecule is Cc1n[nH]c(C)c1CN(C)Cc1cc(C(C)C)on1. The Balaban J connectivity index is 1.99. The van der Waals surface area contributed by atoms with Gasteiger partial charge in [-0.25, -0.2) is 0 Å². The molecule has 5 nitrogen and oxygen atoms in total. The quantitative estimate of drug-likeness (QED) is 0.900. The van der Waals surface area contributed by atoms with Crippen LogP contribution in [0.25, 0.3) is 0 Å². The fraction of sp³-hybridized carbons (Fsp3) is 0.571. The summed E-state index contributed by atoms with van der Waals surface area (Å²) >= 11 is 0. The number of nitrogens with one attached hydrogen (secondary N) is 1. The molecule has 0 aliphatic rings. The first-order valence-corrected chi connectivity index (χ1v) is 6.62. The lowest BCUT2D eigenvalue weighted by molar-refractivity contribution is 0.298. The van der Waals surface area contributed by atoms with Gasteiger partial charge in [0.25, 0.3) is 0 Å². The van der Waals surface area contributed by atoms with Crippen LogP contribution in [0.4, 0.5) is 0 Å². The second-order valence-corrected chi connectivity index (χ2v) is 5.46. The first-order valence-electron chi connectivity index (χ1n) is 6.62. The van der Waals surface area contributed by atoms with Crippen LogP contribution < -0.4 is 0 Å². The van der Waals surface area contributed by atoms with Crippen LogP contribution in [0.3, 0.4) is 0 Å². The van der Waals surface area contributed by atoms with Crippen molar-refractivity contribution in [2.45, 2.75) is 46.7 Å². The monoisotopic (exact) mass is 262 g/mol. The lowest BCUT2D eigenvalue weighted by atomic mass is 10.1. The number of aromatic amines is 1. The maximum Gasteiger partial charge on any atom is 0.139 e. The molecule has 1 N–H and O–H groups in total. The van der Waals surface area contributed by atoms with Crippen LogP contribution in [-0.4, -0.2) is 27.3 Å². The van der Waals surface area contributed by atoms with Gasteiger partial charge in [0.15, 0.2) is 0 Å². The predicted octanol–water partition coefficient (Wildman–Crippen LogP) is 2.77. The molecule has 0 saturated carbocycles. The Hall–Kier alpha value is -1.62. The molecule has 0 atom stereocenters. The molecular formula is C14H22N4O. The van der Waals surface area contributed by atoms with Crippen molar-refractivity contribution in [2.75, 3.05) is 7.05 Å². The number of hydrogen-bond donors (Lipinski definition) is 1. The first-order chi connectivity index (χ1) is 8.97. The maximum absolute atomic E-state index is 5.31. The van der Waals surface area contributed by atoms with Crippen molar-refractivity contribution in [3.8, 4) is 0 Å². The maximum atomic E-state index is 5.31. The van der Waals surface area contributed by atoms with E-state index in [0.29, 0.717) is 5.92 Å². The van der Waals surface area contributed by atoms with Crippen molar-refractivity contribution in [1.82, 2.24) is 20.3 Å². The molecule has 19 heavy (non-hydrogen) atoms. The van der Waals surface area contributed by atoms with Gasteiger partial charge in [0.1, 0.15) is 5.76 Å². The van der Waals surface area contributed by atoms with Crippen LogP contribution in [0, 0.1) is 13.8 Å². The third-order valence-electron chi connectivity index (χ3n) is 3.29. The first kappa shape index (κ1) is 13.8. The number of H-pyrrole nitrogens is 1. The summed E-state index contributed by atoms with van der Waals surface area (Å²) in [5.74, 6) is 1.32. The fourth-order valence-electron chi connectivity index (χ4n) is 2.08. The van der Waals surface area contributed by atoms with Gasteiger partial charge in [-0.2, -0.15) is 5.10 Å². The Morgan fingerprint density at radius 3 is 2.58 bits per heavy atom. The highest BCUT2D eigenvalue weighted by Gasteiger charge is 2.12. The Morgan fingerprint density at radius 1 is 1.32 bits per heavy atom. The lowest BCUT2D eigenvalue weighted by Gasteiger charge is -2.14. The zero-order valence-corrected chi connectivity index (χ0v) is 12.3. The Kier molecular flexibility index (Phi) is 4.04. The number of nitrogens with zero attached hydrogens (tertiary/aromatic N) is 3. The smallest absolute Gasteiger partial charge is 0.139 e. The van der Waals surface area contributed by atoms with E-state index in [2.05, 4.69) is 48.1 Å². The summed E-state index contributed by atoms with van der Waals surface area (Å²) in [6.07, 6.45) is 0. The van der Waals surface area contributed by atoms with Gasteiger partial charge in [0, 0.05) is 36.3 Å². The van der Waals surface area contributed by atoms with Crippen molar-refractivity contribution in [2.24, 2.45) is 0 Å². The lowest BCUT2D eigenvalue weighted by Crippen LogP contribution is -2.18. The normalized spacial score (nSPS) is 11.7. The van der Waals surface area contributed by atoms with E-state index in [1.807, 2.05) is 13.0 Å². The summed E-state index contributed by atoms with van der Waals surface area (Å²) in [5.41, 5.74) is 4.43. The van der Waals surface area contributed by atoms with Crippen LogP contribution in [0.2, 0.25) is 0 Å². The number of hydrogen-bond acceptors (Lipinski definition) is 4. The molecule has 0 aromatic carbocycles. The van der Waals surface area contributed by atoms with E-state index in [-0.39, 0.29) is 0 Å². The standard InChI is InChI=1S/C14H22N4O/c1-9(2)14-6-12(17-19-14)7-18(5)8-13-10(3)15-16-11(13)4/h6,9H,7-8H2,1-5H3,(H,15,16). The molecular weight excluding hydrogens is 240 g/mol. The molecule has 2 aromatic rings. The molecule has 0 aliphatic heterocycles. The predicted molar refractivity (Wildman–Crippen MR) is 73.8 cm³/mol. The molecule has 0 unspecified atom stereocenters. The Bertz CT molecular complexity index is 522. The number of rotatable bonds is 5. The van der Waals surface area contributed by atoms with Gasteiger partial charge in [-0.1, -0.05) is 19.0 Å². The summed E-state index contributed by atoms with van der Waals surface area (Å²) in [6, 6.07) is 2.04. The van der Waals surface area contributed by atoms with Gasteiger partial charge in [-0.15, -0.1) is 0 Å². The average molecular weight is 262 g/mol. The van der Waals surface area contributed by atoms with E-state index < -0.39 is 0 Å². The molecule has 0 spiro atoms. The summed E-state index contributed by atoms with van der Waals surface area (Å²) in [6.45, 7) is 9.92. The van der Waals surface area contributed by atoms with Gasteiger partial charge >= 0.3 is 0 Å². The highest BCUT2D eigenvalue weighted by Crippen LogP contribution is 2.17. The molecule has 0 aliphatic carbocycles. The number of aryl methyl sites for hydroxylation is 2. The highest BCUT2D eigenvalue weighted by atomic mass is 16.5. The van der Waals surface area contributed by atoms with Gasteiger partial charge in [-0.3, -0.25) is 10.00 Å². The molecule has 0 saturated heterocycles. The fourth-order valence-corrected chi connectivity index (χ4v) is 2.08. The largest absolute Gasteiger partial charge is 0.361 e. The van der Waals surface area contributed by atoms with Gasteiger partial charge in [-0.05, 0) is 20.9 Å². The second-order valence-electron chi connectivity index (χ2n) is 5.46. The van der Waals surface area contributed by atoms with E-state index in [9.17, 15) is 0 Å². The van der Waals surface area contributed by atoms with E-state index in [1.165, 1.54) is 5.56 Å². The van der Waals surface area contributed by atoms with Crippen molar-refractivity contribution in [3.63, 3.8) is 0 Å². The minimum atomic E-state index is 0.380. The molecule has 5 heteroatoms. The molecule has 2 aromatic heterocycles. The molecule has 0 radical (unpaired) electrons. The van der Waals surface area contributed by atoms with E-state index in [4.69, 9.17) is 4.52 Å². The van der Waals surface area contributed by atoms with Crippen molar-refractivity contribution >= 4 is 0 Å². The van der Waals surface area contributed by atoms with Crippen LogP contribution in [0.5, 0.6) is 0 Å². The zero-order chi connectivity index (χ0) is 14.0. The summed E-state index contributed by atoms with van der Waals surface area (Å²) < 4.78 is 5.31. The minimum Gasteiger partial charge on any atom is -0.361 e. The molecule has 104 valence electrons. The van der Waals surface area contributed by atoms with E-state index in [1.54, 1.807) is 0 Å². The zero-order valence-electron chi connectivity index (χ0n) is 12.3. The van der Waals surface area contributed by atoms with Gasteiger partial charge in [0.05, 0.1) is 11.4 Å². The van der Waals surface area contributed by atoms with Crippen molar-refractivity contribution in [3.05, 3.63) is 34.5 Å². The van der Waals surface area contributed by atoms with E-state index >= 15 is 0 Å². The summed E-state index contributed by atoms with van der Waals surface area (Å²) in [4.78, 5) is 2.22. The van der Waals surface area contributed by atoms with Gasteiger partial charge < -0.3 is 4.52 Å². The molecule has 2 rings (SSSR count). The minimum absolute atomic E-state index is 0.380. The Labute approximate surface area is 114 Å². The third-order valence-corrected chi connectivity index (χ3v) is 3.29. The third kappa shape index (κ3) is 3.23. The highest BCUT2D eigenvalue weighted by molar-refractivity contribution is 5.23. The van der Waals surface area contributed by atoms with Crippen LogP contribution in [-0.2, 0) is 13.1 Å². The molecule has 0 fully saturated rings. The van der Waals surface area contributed by atoms with Crippen LogP contribution in [0.15, 0.2) is 10.6 Å². The Morgan fingerprint density at radius 2 is 2.05 bits per heavy atom. The molecule has 0 amide bonds.